The number of carbonyl (C=O) groups excluding carboxylic acids is 10. The predicted molar refractivity (Wildman–Crippen MR) is 327 cm³/mol. The predicted octanol–water partition coefficient (Wildman–Crippen LogP) is 4.05. The highest BCUT2D eigenvalue weighted by Gasteiger charge is 2.57. The number of hydrogen-bond donors (Lipinski definition) is 11. The van der Waals surface area contributed by atoms with Crippen LogP contribution in [0.3, 0.4) is 0 Å². The van der Waals surface area contributed by atoms with Crippen LogP contribution in [-0.4, -0.2) is 155 Å². The van der Waals surface area contributed by atoms with Gasteiger partial charge in [0, 0.05) is 50.5 Å². The van der Waals surface area contributed by atoms with E-state index in [-0.39, 0.29) is 74.4 Å². The molecule has 4 saturated carbocycles. The lowest BCUT2D eigenvalue weighted by atomic mass is 9.47. The van der Waals surface area contributed by atoms with Crippen molar-refractivity contribution in [1.29, 1.82) is 0 Å². The van der Waals surface area contributed by atoms with Crippen molar-refractivity contribution in [2.75, 3.05) is 32.8 Å². The summed E-state index contributed by atoms with van der Waals surface area (Å²) in [5.74, 6) is -3.82. The number of likely N-dealkylation sites (tertiary alicyclic amines) is 1. The maximum atomic E-state index is 14.9. The first-order valence-corrected chi connectivity index (χ1v) is 32.2. The van der Waals surface area contributed by atoms with Crippen LogP contribution in [0.1, 0.15) is 218 Å². The van der Waals surface area contributed by atoms with E-state index in [1.54, 1.807) is 18.7 Å². The lowest BCUT2D eigenvalue weighted by Gasteiger charge is -2.59. The second kappa shape index (κ2) is 33.1. The maximum absolute atomic E-state index is 14.9. The van der Waals surface area contributed by atoms with Crippen LogP contribution in [-0.2, 0) is 47.9 Å². The highest BCUT2D eigenvalue weighted by Crippen LogP contribution is 2.61. The fourth-order valence-corrected chi connectivity index (χ4v) is 13.3. The van der Waals surface area contributed by atoms with Crippen molar-refractivity contribution in [1.82, 2.24) is 58.1 Å². The van der Waals surface area contributed by atoms with Crippen LogP contribution in [0.5, 0.6) is 0 Å². The molecule has 0 aromatic carbocycles. The molecule has 484 valence electrons. The number of nitrogens with zero attached hydrogens (tertiary/aromatic N) is 1. The van der Waals surface area contributed by atoms with Gasteiger partial charge in [0.15, 0.2) is 0 Å². The topological polar surface area (TPSA) is 314 Å². The number of aliphatic hydroxyl groups excluding tert-OH is 1. The number of amides is 10. The molecule has 10 amide bonds. The molecule has 1 saturated heterocycles. The Morgan fingerprint density at radius 2 is 1.09 bits per heavy atom. The molecule has 0 radical (unpaired) electrons. The first-order valence-electron chi connectivity index (χ1n) is 32.2. The standard InChI is InChI=1S/C63H111N11O11/c1-14-16-17-18-19-20-23-45(53(79)67-47(31-40(5)6)54(80)71-60(8,9)57(83)69-46(30-39(3)4)52(78)65-26-25-49(76)66-41(7)38-64-27-29-75)68-58(84)61(10,11)73-59(85)62(12,13)72-56(82)51(63-35-42-32-43(36-63)34-44(33-42)37-63)70-55(81)48-24-21-28-74(48)50(77)22-15-2/h39-48,51,64,75H,14-38H2,1-13H3,(H,65,78)(H,66,76)(H,67,79)(H,68,84)(H,69,83)(H,70,81)(H,71,80)(H,72,82)(H,73,85)/t41-,42?,43?,44?,45-,46-,47-,48-,51+,63?/m0/s1. The number of aliphatic hydroxyl groups is 1. The van der Waals surface area contributed by atoms with Gasteiger partial charge in [-0.1, -0.05) is 80.1 Å². The van der Waals surface area contributed by atoms with Crippen molar-refractivity contribution in [3.8, 4) is 0 Å². The molecule has 1 aliphatic heterocycles. The Bertz CT molecular complexity index is 2250. The zero-order chi connectivity index (χ0) is 63.5. The van der Waals surface area contributed by atoms with Gasteiger partial charge in [-0.15, -0.1) is 0 Å². The summed E-state index contributed by atoms with van der Waals surface area (Å²) in [4.78, 5) is 142. The zero-order valence-corrected chi connectivity index (χ0v) is 54.0. The molecule has 6 atom stereocenters. The molecule has 85 heavy (non-hydrogen) atoms. The minimum atomic E-state index is -1.63. The van der Waals surface area contributed by atoms with Crippen LogP contribution in [0.25, 0.3) is 0 Å². The molecule has 4 bridgehead atoms. The fourth-order valence-electron chi connectivity index (χ4n) is 13.3. The van der Waals surface area contributed by atoms with Crippen LogP contribution < -0.4 is 53.2 Å². The number of carbonyl (C=O) groups is 10. The van der Waals surface area contributed by atoms with E-state index in [9.17, 15) is 47.9 Å². The average molecular weight is 1200 g/mol. The summed E-state index contributed by atoms with van der Waals surface area (Å²) >= 11 is 0. The van der Waals surface area contributed by atoms with E-state index in [0.29, 0.717) is 69.5 Å². The van der Waals surface area contributed by atoms with Gasteiger partial charge in [0.05, 0.1) is 6.61 Å². The second-order valence-electron chi connectivity index (χ2n) is 27.9. The van der Waals surface area contributed by atoms with Gasteiger partial charge in [-0.05, 0) is 155 Å². The molecule has 1 heterocycles. The molecule has 4 aliphatic carbocycles. The number of rotatable bonds is 37. The smallest absolute Gasteiger partial charge is 0.246 e. The van der Waals surface area contributed by atoms with Crippen LogP contribution >= 0.6 is 0 Å². The SMILES string of the molecule is CCCCCCCC[C@H](NC(=O)C(C)(C)NC(=O)C(C)(C)NC(=O)[C@@H](NC(=O)[C@@H]1CCCN1C(=O)CCC)C12CC3CC(CC(C3)C1)C2)C(=O)N[C@@H](CC(C)C)C(=O)NC(C)(C)C(=O)N[C@@H](CC(C)C)C(=O)NCCC(=O)N[C@@H](C)CNCCO. The van der Waals surface area contributed by atoms with Gasteiger partial charge >= 0.3 is 0 Å². The monoisotopic (exact) mass is 1200 g/mol. The van der Waals surface area contributed by atoms with Crippen LogP contribution in [0.2, 0.25) is 0 Å². The van der Waals surface area contributed by atoms with E-state index < -0.39 is 93.6 Å². The van der Waals surface area contributed by atoms with Crippen molar-refractivity contribution in [2.24, 2.45) is 35.0 Å². The zero-order valence-electron chi connectivity index (χ0n) is 54.0. The highest BCUT2D eigenvalue weighted by molar-refractivity contribution is 6.00. The first kappa shape index (κ1) is 72.1. The summed E-state index contributed by atoms with van der Waals surface area (Å²) in [6.45, 7) is 23.8. The number of hydrogen-bond acceptors (Lipinski definition) is 12. The molecule has 5 fully saturated rings. The number of nitrogens with one attached hydrogen (secondary N) is 10. The van der Waals surface area contributed by atoms with Gasteiger partial charge in [-0.25, -0.2) is 0 Å². The third-order valence-electron chi connectivity index (χ3n) is 17.5. The molecule has 0 spiro atoms. The summed E-state index contributed by atoms with van der Waals surface area (Å²) < 4.78 is 0. The molecule has 22 nitrogen and oxygen atoms in total. The molecule has 0 aromatic rings. The minimum Gasteiger partial charge on any atom is -0.395 e. The largest absolute Gasteiger partial charge is 0.395 e. The Balaban J connectivity index is 1.47. The van der Waals surface area contributed by atoms with E-state index >= 15 is 0 Å². The lowest BCUT2D eigenvalue weighted by molar-refractivity contribution is -0.147. The van der Waals surface area contributed by atoms with Crippen molar-refractivity contribution in [3.05, 3.63) is 0 Å². The van der Waals surface area contributed by atoms with Gasteiger partial charge in [-0.2, -0.15) is 0 Å². The summed E-state index contributed by atoms with van der Waals surface area (Å²) in [6, 6.07) is -5.13. The molecule has 5 aliphatic rings. The molecule has 11 N–H and O–H groups in total. The van der Waals surface area contributed by atoms with Crippen molar-refractivity contribution in [3.63, 3.8) is 0 Å². The second-order valence-corrected chi connectivity index (χ2v) is 27.9. The highest BCUT2D eigenvalue weighted by atomic mass is 16.3. The summed E-state index contributed by atoms with van der Waals surface area (Å²) in [5, 5.41) is 37.9. The van der Waals surface area contributed by atoms with Crippen molar-refractivity contribution >= 4 is 59.1 Å². The summed E-state index contributed by atoms with van der Waals surface area (Å²) in [5.41, 5.74) is -5.31. The lowest BCUT2D eigenvalue weighted by Crippen LogP contribution is -2.68. The minimum absolute atomic E-state index is 0.00249. The molecule has 0 aromatic heterocycles. The first-order chi connectivity index (χ1) is 39.9. The van der Waals surface area contributed by atoms with Gasteiger partial charge in [0.25, 0.3) is 0 Å². The van der Waals surface area contributed by atoms with Gasteiger partial charge in [-0.3, -0.25) is 47.9 Å². The molecular formula is C63H111N11O11. The Morgan fingerprint density at radius 1 is 0.565 bits per heavy atom. The summed E-state index contributed by atoms with van der Waals surface area (Å²) in [7, 11) is 0. The van der Waals surface area contributed by atoms with E-state index in [2.05, 4.69) is 60.1 Å². The van der Waals surface area contributed by atoms with E-state index in [0.717, 1.165) is 70.6 Å². The van der Waals surface area contributed by atoms with E-state index in [1.807, 2.05) is 41.5 Å². The Morgan fingerprint density at radius 3 is 1.66 bits per heavy atom. The quantitative estimate of drug-likeness (QED) is 0.0393. The molecule has 22 heteroatoms. The maximum Gasteiger partial charge on any atom is 0.246 e. The Hall–Kier alpha value is -5.38. The molecular weight excluding hydrogens is 1090 g/mol. The van der Waals surface area contributed by atoms with Crippen LogP contribution in [0.15, 0.2) is 0 Å². The van der Waals surface area contributed by atoms with Crippen LogP contribution in [0.4, 0.5) is 0 Å². The van der Waals surface area contributed by atoms with Gasteiger partial charge < -0.3 is 63.2 Å². The van der Waals surface area contributed by atoms with Gasteiger partial charge in [0.2, 0.25) is 59.1 Å². The third-order valence-corrected chi connectivity index (χ3v) is 17.5. The number of unbranched alkanes of at least 4 members (excludes halogenated alkanes) is 5. The average Bonchev–Trinajstić information content (AvgIpc) is 1.10. The van der Waals surface area contributed by atoms with Gasteiger partial charge in [0.1, 0.15) is 46.8 Å². The van der Waals surface area contributed by atoms with E-state index in [1.165, 1.54) is 27.7 Å². The molecule has 5 rings (SSSR count). The Labute approximate surface area is 507 Å². The van der Waals surface area contributed by atoms with E-state index in [4.69, 9.17) is 5.11 Å². The Kier molecular flexibility index (Phi) is 28.1. The van der Waals surface area contributed by atoms with Crippen LogP contribution in [0, 0.1) is 35.0 Å². The summed E-state index contributed by atoms with van der Waals surface area (Å²) in [6.07, 6.45) is 13.8. The fraction of sp³-hybridized carbons (Fsp3) is 0.841. The van der Waals surface area contributed by atoms with Crippen molar-refractivity contribution in [2.45, 2.75) is 271 Å². The van der Waals surface area contributed by atoms with Crippen molar-refractivity contribution < 1.29 is 53.1 Å². The third kappa shape index (κ3) is 22.1. The molecule has 0 unspecified atom stereocenters. The normalized spacial score (nSPS) is 21.9.